The van der Waals surface area contributed by atoms with E-state index < -0.39 is 11.9 Å². The minimum absolute atomic E-state index is 0.00605. The van der Waals surface area contributed by atoms with Crippen LogP contribution in [0.2, 0.25) is 4.34 Å². The number of carboxylic acids is 1. The lowest BCUT2D eigenvalue weighted by molar-refractivity contribution is -0.125. The van der Waals surface area contributed by atoms with E-state index in [1.165, 1.54) is 6.07 Å². The van der Waals surface area contributed by atoms with Crippen LogP contribution in [0.4, 0.5) is 11.4 Å². The third-order valence-electron chi connectivity index (χ3n) is 5.61. The van der Waals surface area contributed by atoms with Crippen LogP contribution in [0.1, 0.15) is 41.5 Å². The molecule has 0 saturated carbocycles. The second kappa shape index (κ2) is 10.9. The number of morpholine rings is 1. The van der Waals surface area contributed by atoms with Gasteiger partial charge in [-0.1, -0.05) is 23.7 Å². The number of hydrogen-bond donors (Lipinski definition) is 3. The van der Waals surface area contributed by atoms with Crippen LogP contribution < -0.4 is 15.5 Å². The molecule has 1 aliphatic heterocycles. The number of halogens is 1. The number of amides is 3. The second-order valence-electron chi connectivity index (χ2n) is 7.98. The number of ether oxygens (including phenoxy) is 1. The van der Waals surface area contributed by atoms with E-state index in [9.17, 15) is 24.3 Å². The van der Waals surface area contributed by atoms with Crippen molar-refractivity contribution in [1.29, 1.82) is 0 Å². The molecule has 0 unspecified atom stereocenters. The number of aryl methyl sites for hydroxylation is 1. The van der Waals surface area contributed by atoms with Crippen LogP contribution in [0, 0.1) is 6.92 Å². The first-order valence-electron chi connectivity index (χ1n) is 10.9. The normalized spacial score (nSPS) is 13.4. The molecule has 3 aromatic rings. The minimum Gasteiger partial charge on any atom is -0.478 e. The number of carbonyl (C=O) groups is 4. The topological polar surface area (TPSA) is 125 Å². The number of benzene rings is 2. The third-order valence-corrected chi connectivity index (χ3v) is 6.84. The summed E-state index contributed by atoms with van der Waals surface area (Å²) in [5, 5.41) is 15.1. The maximum atomic E-state index is 13.2. The SMILES string of the molecule is Cc1cc(N2CCOCC2=O)ccc1C(=O)Nc1c(CNC(=O)c2ccc(Cl)s2)cccc1C(=O)O. The van der Waals surface area contributed by atoms with Crippen molar-refractivity contribution in [2.45, 2.75) is 13.5 Å². The van der Waals surface area contributed by atoms with Gasteiger partial charge in [-0.25, -0.2) is 4.79 Å². The quantitative estimate of drug-likeness (QED) is 0.427. The number of thiophene rings is 1. The summed E-state index contributed by atoms with van der Waals surface area (Å²) in [6.45, 7) is 2.58. The summed E-state index contributed by atoms with van der Waals surface area (Å²) in [4.78, 5) is 51.6. The van der Waals surface area contributed by atoms with Gasteiger partial charge >= 0.3 is 5.97 Å². The number of rotatable bonds is 7. The molecule has 1 aliphatic rings. The van der Waals surface area contributed by atoms with Crippen molar-refractivity contribution in [1.82, 2.24) is 5.32 Å². The monoisotopic (exact) mass is 527 g/mol. The summed E-state index contributed by atoms with van der Waals surface area (Å²) in [7, 11) is 0. The van der Waals surface area contributed by atoms with Crippen LogP contribution in [-0.4, -0.2) is 48.6 Å². The van der Waals surface area contributed by atoms with Crippen LogP contribution in [0.3, 0.4) is 0 Å². The molecule has 0 spiro atoms. The summed E-state index contributed by atoms with van der Waals surface area (Å²) in [6, 6.07) is 12.7. The van der Waals surface area contributed by atoms with E-state index in [2.05, 4.69) is 10.6 Å². The maximum Gasteiger partial charge on any atom is 0.337 e. The Balaban J connectivity index is 1.56. The van der Waals surface area contributed by atoms with Crippen molar-refractivity contribution < 1.29 is 29.0 Å². The number of anilines is 2. The summed E-state index contributed by atoms with van der Waals surface area (Å²) >= 11 is 7.01. The molecule has 1 aromatic heterocycles. The van der Waals surface area contributed by atoms with Crippen LogP contribution in [0.15, 0.2) is 48.5 Å². The number of nitrogens with zero attached hydrogens (tertiary/aromatic N) is 1. The lowest BCUT2D eigenvalue weighted by atomic mass is 10.0. The van der Waals surface area contributed by atoms with Gasteiger partial charge in [-0.2, -0.15) is 0 Å². The highest BCUT2D eigenvalue weighted by Crippen LogP contribution is 2.26. The lowest BCUT2D eigenvalue weighted by Crippen LogP contribution is -2.41. The summed E-state index contributed by atoms with van der Waals surface area (Å²) in [5.41, 5.74) is 1.99. The predicted octanol–water partition coefficient (Wildman–Crippen LogP) is 3.95. The van der Waals surface area contributed by atoms with Crippen LogP contribution in [-0.2, 0) is 16.1 Å². The Morgan fingerprint density at radius 3 is 2.58 bits per heavy atom. The third kappa shape index (κ3) is 5.56. The fourth-order valence-corrected chi connectivity index (χ4v) is 4.77. The van der Waals surface area contributed by atoms with Gasteiger partial charge in [0.15, 0.2) is 0 Å². The molecule has 9 nitrogen and oxygen atoms in total. The Labute approximate surface area is 215 Å². The van der Waals surface area contributed by atoms with Crippen molar-refractivity contribution >= 4 is 58.0 Å². The van der Waals surface area contributed by atoms with Crippen molar-refractivity contribution in [3.8, 4) is 0 Å². The molecule has 4 rings (SSSR count). The number of hydrogen-bond acceptors (Lipinski definition) is 6. The lowest BCUT2D eigenvalue weighted by Gasteiger charge is -2.27. The molecule has 36 heavy (non-hydrogen) atoms. The number of carbonyl (C=O) groups excluding carboxylic acids is 3. The Morgan fingerprint density at radius 1 is 1.11 bits per heavy atom. The highest BCUT2D eigenvalue weighted by atomic mass is 35.5. The smallest absolute Gasteiger partial charge is 0.337 e. The van der Waals surface area contributed by atoms with Crippen molar-refractivity contribution in [3.63, 3.8) is 0 Å². The van der Waals surface area contributed by atoms with Crippen molar-refractivity contribution in [3.05, 3.63) is 80.0 Å². The van der Waals surface area contributed by atoms with E-state index in [0.717, 1.165) is 11.3 Å². The van der Waals surface area contributed by atoms with Gasteiger partial charge in [0.2, 0.25) is 0 Å². The molecular weight excluding hydrogens is 506 g/mol. The average molecular weight is 528 g/mol. The highest BCUT2D eigenvalue weighted by molar-refractivity contribution is 7.18. The fourth-order valence-electron chi connectivity index (χ4n) is 3.81. The van der Waals surface area contributed by atoms with Crippen LogP contribution >= 0.6 is 22.9 Å². The van der Waals surface area contributed by atoms with Gasteiger partial charge in [0.05, 0.1) is 27.1 Å². The van der Waals surface area contributed by atoms with Gasteiger partial charge in [0.1, 0.15) is 6.61 Å². The van der Waals surface area contributed by atoms with Crippen molar-refractivity contribution in [2.24, 2.45) is 0 Å². The standard InChI is InChI=1S/C25H22ClN3O6S/c1-14-11-16(29-9-10-35-13-21(29)30)5-6-17(14)23(31)28-22-15(3-2-4-18(22)25(33)34)12-27-24(32)19-7-8-20(26)36-19/h2-8,11H,9-10,12-13H2,1H3,(H,27,32)(H,28,31)(H,33,34). The molecular formula is C25H22ClN3O6S. The van der Waals surface area contributed by atoms with E-state index in [-0.39, 0.29) is 36.2 Å². The van der Waals surface area contributed by atoms with Gasteiger partial charge in [-0.15, -0.1) is 11.3 Å². The molecule has 0 atom stereocenters. The zero-order chi connectivity index (χ0) is 25.8. The first-order chi connectivity index (χ1) is 17.2. The molecule has 186 valence electrons. The average Bonchev–Trinajstić information content (AvgIpc) is 3.29. The zero-order valence-corrected chi connectivity index (χ0v) is 20.7. The largest absolute Gasteiger partial charge is 0.478 e. The summed E-state index contributed by atoms with van der Waals surface area (Å²) in [5.74, 6) is -2.26. The van der Waals surface area contributed by atoms with Crippen LogP contribution in [0.5, 0.6) is 0 Å². The van der Waals surface area contributed by atoms with E-state index in [1.807, 2.05) is 0 Å². The van der Waals surface area contributed by atoms with E-state index in [4.69, 9.17) is 16.3 Å². The van der Waals surface area contributed by atoms with Gasteiger partial charge in [-0.3, -0.25) is 14.4 Å². The summed E-state index contributed by atoms with van der Waals surface area (Å²) < 4.78 is 5.63. The fraction of sp³-hybridized carbons (Fsp3) is 0.200. The minimum atomic E-state index is -1.22. The molecule has 0 aliphatic carbocycles. The molecule has 0 radical (unpaired) electrons. The van der Waals surface area contributed by atoms with Crippen molar-refractivity contribution in [2.75, 3.05) is 30.0 Å². The number of aromatic carboxylic acids is 1. The molecule has 11 heteroatoms. The van der Waals surface area contributed by atoms with E-state index >= 15 is 0 Å². The van der Waals surface area contributed by atoms with E-state index in [0.29, 0.717) is 44.7 Å². The first-order valence-corrected chi connectivity index (χ1v) is 12.1. The maximum absolute atomic E-state index is 13.2. The number of carboxylic acid groups (broad SMARTS) is 1. The molecule has 0 bridgehead atoms. The highest BCUT2D eigenvalue weighted by Gasteiger charge is 2.23. The van der Waals surface area contributed by atoms with Gasteiger partial charge in [-0.05, 0) is 54.4 Å². The molecule has 3 amide bonds. The zero-order valence-electron chi connectivity index (χ0n) is 19.2. The Bertz CT molecular complexity index is 1360. The second-order valence-corrected chi connectivity index (χ2v) is 9.70. The van der Waals surface area contributed by atoms with Crippen LogP contribution in [0.25, 0.3) is 0 Å². The molecule has 3 N–H and O–H groups in total. The Kier molecular flexibility index (Phi) is 7.68. The first kappa shape index (κ1) is 25.4. The summed E-state index contributed by atoms with van der Waals surface area (Å²) in [6.07, 6.45) is 0. The molecule has 1 saturated heterocycles. The Morgan fingerprint density at radius 2 is 1.92 bits per heavy atom. The van der Waals surface area contributed by atoms with Gasteiger partial charge in [0, 0.05) is 24.3 Å². The Hall–Kier alpha value is -3.73. The molecule has 1 fully saturated rings. The molecule has 2 heterocycles. The van der Waals surface area contributed by atoms with Gasteiger partial charge < -0.3 is 25.4 Å². The predicted molar refractivity (Wildman–Crippen MR) is 136 cm³/mol. The van der Waals surface area contributed by atoms with E-state index in [1.54, 1.807) is 54.3 Å². The molecule has 2 aromatic carbocycles. The van der Waals surface area contributed by atoms with Gasteiger partial charge in [0.25, 0.3) is 17.7 Å². The number of para-hydroxylation sites is 1. The number of nitrogens with one attached hydrogen (secondary N) is 2.